The monoisotopic (exact) mass is 380 g/mol. The summed E-state index contributed by atoms with van der Waals surface area (Å²) in [5.74, 6) is -0.169. The van der Waals surface area contributed by atoms with Gasteiger partial charge in [-0.25, -0.2) is 13.4 Å². The number of sulfonamides is 1. The van der Waals surface area contributed by atoms with Crippen LogP contribution in [0.15, 0.2) is 33.6 Å². The maximum absolute atomic E-state index is 12.8. The molecule has 2 aliphatic heterocycles. The summed E-state index contributed by atoms with van der Waals surface area (Å²) in [5.41, 5.74) is 0. The van der Waals surface area contributed by atoms with Gasteiger partial charge in [0, 0.05) is 45.5 Å². The summed E-state index contributed by atoms with van der Waals surface area (Å²) in [6.07, 6.45) is 4.62. The molecule has 1 aromatic rings. The van der Waals surface area contributed by atoms with Crippen molar-refractivity contribution in [1.82, 2.24) is 18.8 Å². The van der Waals surface area contributed by atoms with Crippen LogP contribution in [0.3, 0.4) is 0 Å². The van der Waals surface area contributed by atoms with Gasteiger partial charge in [0.1, 0.15) is 5.82 Å². The van der Waals surface area contributed by atoms with Crippen molar-refractivity contribution in [1.29, 1.82) is 0 Å². The lowest BCUT2D eigenvalue weighted by Gasteiger charge is -2.23. The van der Waals surface area contributed by atoms with Crippen molar-refractivity contribution in [3.63, 3.8) is 0 Å². The largest absolute Gasteiger partial charge is 0.339 e. The zero-order chi connectivity index (χ0) is 18.9. The van der Waals surface area contributed by atoms with E-state index in [0.29, 0.717) is 25.3 Å². The number of aromatic nitrogens is 2. The summed E-state index contributed by atoms with van der Waals surface area (Å²) in [6, 6.07) is -0.825. The van der Waals surface area contributed by atoms with Gasteiger partial charge in [-0.1, -0.05) is 0 Å². The van der Waals surface area contributed by atoms with Crippen LogP contribution < -0.4 is 0 Å². The fourth-order valence-corrected chi connectivity index (χ4v) is 4.32. The summed E-state index contributed by atoms with van der Waals surface area (Å²) in [7, 11) is -1.97. The van der Waals surface area contributed by atoms with E-state index in [1.54, 1.807) is 23.4 Å². The van der Waals surface area contributed by atoms with Crippen LogP contribution in [-0.2, 0) is 26.7 Å². The number of hydrogen-bond donors (Lipinski definition) is 0. The molecule has 1 aromatic heterocycles. The summed E-state index contributed by atoms with van der Waals surface area (Å²) in [6.45, 7) is 2.88. The summed E-state index contributed by atoms with van der Waals surface area (Å²) >= 11 is 0. The van der Waals surface area contributed by atoms with Crippen LogP contribution in [-0.4, -0.2) is 71.2 Å². The first-order chi connectivity index (χ1) is 12.3. The lowest BCUT2D eigenvalue weighted by atomic mass is 10.2. The number of rotatable bonds is 3. The van der Waals surface area contributed by atoms with Crippen LogP contribution in [0.1, 0.15) is 12.2 Å². The van der Waals surface area contributed by atoms with E-state index in [0.717, 1.165) is 0 Å². The summed E-state index contributed by atoms with van der Waals surface area (Å²) < 4.78 is 28.6. The van der Waals surface area contributed by atoms with Crippen LogP contribution in [0.4, 0.5) is 0 Å². The number of imidazole rings is 1. The van der Waals surface area contributed by atoms with Gasteiger partial charge in [0.15, 0.2) is 11.1 Å². The van der Waals surface area contributed by atoms with Gasteiger partial charge in [0.25, 0.3) is 21.8 Å². The second-order valence-electron chi connectivity index (χ2n) is 6.18. The third-order valence-electron chi connectivity index (χ3n) is 4.41. The highest BCUT2D eigenvalue weighted by Gasteiger charge is 2.32. The fourth-order valence-electron chi connectivity index (χ4n) is 2.82. The molecule has 0 radical (unpaired) electrons. The van der Waals surface area contributed by atoms with Crippen molar-refractivity contribution >= 4 is 21.8 Å². The van der Waals surface area contributed by atoms with Gasteiger partial charge in [0.2, 0.25) is 0 Å². The van der Waals surface area contributed by atoms with E-state index in [2.05, 4.69) is 15.2 Å². The van der Waals surface area contributed by atoms with Crippen molar-refractivity contribution < 1.29 is 18.0 Å². The quantitative estimate of drug-likeness (QED) is 0.724. The number of hydrogen-bond acceptors (Lipinski definition) is 6. The number of azo groups is 1. The highest BCUT2D eigenvalue weighted by atomic mass is 32.2. The molecule has 3 heterocycles. The van der Waals surface area contributed by atoms with Crippen molar-refractivity contribution in [3.8, 4) is 0 Å². The van der Waals surface area contributed by atoms with Crippen LogP contribution in [0.2, 0.25) is 0 Å². The standard InChI is InChI=1S/C15H20N6O4S/c1-11-16-14(10-19(11)2)26(24,25)21-7-3-6-20(8-9-21)15(23)12-4-5-13(22)18-17-12/h4-5,10,12H,3,6-9H2,1-2H3. The average molecular weight is 380 g/mol. The smallest absolute Gasteiger partial charge is 0.287 e. The highest BCUT2D eigenvalue weighted by molar-refractivity contribution is 7.89. The van der Waals surface area contributed by atoms with Gasteiger partial charge >= 0.3 is 0 Å². The van der Waals surface area contributed by atoms with E-state index in [1.807, 2.05) is 0 Å². The molecule has 1 atom stereocenters. The molecule has 1 saturated heterocycles. The molecule has 26 heavy (non-hydrogen) atoms. The van der Waals surface area contributed by atoms with Crippen molar-refractivity contribution in [2.45, 2.75) is 24.4 Å². The summed E-state index contributed by atoms with van der Waals surface area (Å²) in [4.78, 5) is 29.2. The third-order valence-corrected chi connectivity index (χ3v) is 6.18. The lowest BCUT2D eigenvalue weighted by Crippen LogP contribution is -2.41. The maximum Gasteiger partial charge on any atom is 0.287 e. The van der Waals surface area contributed by atoms with E-state index < -0.39 is 22.0 Å². The predicted octanol–water partition coefficient (Wildman–Crippen LogP) is -0.131. The van der Waals surface area contributed by atoms with Gasteiger partial charge in [-0.15, -0.1) is 5.11 Å². The number of nitrogens with zero attached hydrogens (tertiary/aromatic N) is 6. The highest BCUT2D eigenvalue weighted by Crippen LogP contribution is 2.18. The Morgan fingerprint density at radius 3 is 2.62 bits per heavy atom. The van der Waals surface area contributed by atoms with E-state index >= 15 is 0 Å². The van der Waals surface area contributed by atoms with E-state index in [4.69, 9.17) is 0 Å². The molecule has 1 unspecified atom stereocenters. The zero-order valence-electron chi connectivity index (χ0n) is 14.6. The Kier molecular flexibility index (Phi) is 5.01. The first-order valence-electron chi connectivity index (χ1n) is 8.21. The Bertz CT molecular complexity index is 852. The Morgan fingerprint density at radius 2 is 2.00 bits per heavy atom. The maximum atomic E-state index is 12.8. The molecule has 0 aliphatic carbocycles. The first kappa shape index (κ1) is 18.4. The average Bonchev–Trinajstić information content (AvgIpc) is 2.82. The van der Waals surface area contributed by atoms with Crippen molar-refractivity contribution in [3.05, 3.63) is 24.2 Å². The van der Waals surface area contributed by atoms with Crippen molar-refractivity contribution in [2.24, 2.45) is 17.3 Å². The molecule has 0 spiro atoms. The van der Waals surface area contributed by atoms with Gasteiger partial charge < -0.3 is 9.47 Å². The van der Waals surface area contributed by atoms with Crippen LogP contribution in [0.5, 0.6) is 0 Å². The molecule has 140 valence electrons. The molecule has 2 amide bonds. The van der Waals surface area contributed by atoms with E-state index in [-0.39, 0.29) is 24.0 Å². The Balaban J connectivity index is 1.70. The first-order valence-corrected chi connectivity index (χ1v) is 9.65. The topological polar surface area (TPSA) is 117 Å². The third kappa shape index (κ3) is 3.58. The molecular weight excluding hydrogens is 360 g/mol. The van der Waals surface area contributed by atoms with Crippen molar-refractivity contribution in [2.75, 3.05) is 26.2 Å². The predicted molar refractivity (Wildman–Crippen MR) is 90.7 cm³/mol. The molecule has 10 nitrogen and oxygen atoms in total. The molecule has 0 aromatic carbocycles. The van der Waals surface area contributed by atoms with Gasteiger partial charge in [-0.3, -0.25) is 9.59 Å². The number of carbonyl (C=O) groups is 2. The molecular formula is C15H20N6O4S. The lowest BCUT2D eigenvalue weighted by molar-refractivity contribution is -0.131. The molecule has 1 fully saturated rings. The normalized spacial score (nSPS) is 21.8. The molecule has 0 bridgehead atoms. The van der Waals surface area contributed by atoms with Crippen LogP contribution in [0.25, 0.3) is 0 Å². The van der Waals surface area contributed by atoms with E-state index in [1.165, 1.54) is 22.7 Å². The minimum Gasteiger partial charge on any atom is -0.339 e. The number of aryl methyl sites for hydroxylation is 2. The minimum atomic E-state index is -3.71. The second-order valence-corrected chi connectivity index (χ2v) is 8.06. The number of carbonyl (C=O) groups excluding carboxylic acids is 2. The SMILES string of the molecule is Cc1nc(S(=O)(=O)N2CCCN(C(=O)C3C=CC(=O)N=N3)CC2)cn1C. The van der Waals surface area contributed by atoms with E-state index in [9.17, 15) is 18.0 Å². The zero-order valence-corrected chi connectivity index (χ0v) is 15.4. The minimum absolute atomic E-state index is 0.0137. The Hall–Kier alpha value is -2.40. The van der Waals surface area contributed by atoms with Crippen LogP contribution >= 0.6 is 0 Å². The second kappa shape index (κ2) is 7.08. The Morgan fingerprint density at radius 1 is 1.23 bits per heavy atom. The Labute approximate surface area is 151 Å². The molecule has 11 heteroatoms. The van der Waals surface area contributed by atoms with Gasteiger partial charge in [-0.2, -0.15) is 9.42 Å². The fraction of sp³-hybridized carbons (Fsp3) is 0.533. The molecule has 2 aliphatic rings. The van der Waals surface area contributed by atoms with Crippen LogP contribution in [0, 0.1) is 6.92 Å². The van der Waals surface area contributed by atoms with Gasteiger partial charge in [-0.05, 0) is 19.4 Å². The molecule has 0 saturated carbocycles. The summed E-state index contributed by atoms with van der Waals surface area (Å²) in [5, 5.41) is 7.10. The van der Waals surface area contributed by atoms with Gasteiger partial charge in [0.05, 0.1) is 0 Å². The molecule has 0 N–H and O–H groups in total. The molecule has 3 rings (SSSR count). The number of amides is 2.